The maximum absolute atomic E-state index is 12.4. The highest BCUT2D eigenvalue weighted by atomic mass is 35.5. The number of amides is 1. The van der Waals surface area contributed by atoms with E-state index in [1.807, 2.05) is 0 Å². The number of alkyl halides is 3. The molecule has 0 atom stereocenters. The van der Waals surface area contributed by atoms with Gasteiger partial charge in [-0.2, -0.15) is 5.10 Å². The molecule has 1 aliphatic heterocycles. The normalized spacial score (nSPS) is 13.6. The van der Waals surface area contributed by atoms with Gasteiger partial charge in [0.1, 0.15) is 0 Å². The van der Waals surface area contributed by atoms with Crippen LogP contribution in [0.25, 0.3) is 0 Å². The van der Waals surface area contributed by atoms with Crippen molar-refractivity contribution in [3.63, 3.8) is 0 Å². The number of rotatable bonds is 3. The second kappa shape index (κ2) is 7.10. The van der Waals surface area contributed by atoms with E-state index in [9.17, 15) is 18.0 Å². The molecule has 2 heterocycles. The van der Waals surface area contributed by atoms with Gasteiger partial charge in [0.2, 0.25) is 0 Å². The van der Waals surface area contributed by atoms with Crippen LogP contribution in [0.3, 0.4) is 0 Å². The largest absolute Gasteiger partial charge is 0.573 e. The summed E-state index contributed by atoms with van der Waals surface area (Å²) < 4.78 is 41.1. The van der Waals surface area contributed by atoms with Gasteiger partial charge in [-0.15, -0.1) is 25.6 Å². The van der Waals surface area contributed by atoms with E-state index in [0.29, 0.717) is 13.0 Å². The Hall–Kier alpha value is -2.26. The lowest BCUT2D eigenvalue weighted by molar-refractivity contribution is -0.274. The fraction of sp³-hybridized carbons (Fsp3) is 0.286. The van der Waals surface area contributed by atoms with Crippen molar-refractivity contribution in [1.82, 2.24) is 15.5 Å². The van der Waals surface area contributed by atoms with Crippen molar-refractivity contribution < 1.29 is 22.7 Å². The maximum atomic E-state index is 12.4. The topological polar surface area (TPSA) is 79.0 Å². The second-order valence-corrected chi connectivity index (χ2v) is 4.95. The van der Waals surface area contributed by atoms with Crippen LogP contribution in [-0.4, -0.2) is 29.0 Å². The lowest BCUT2D eigenvalue weighted by Gasteiger charge is -2.15. The van der Waals surface area contributed by atoms with Crippen molar-refractivity contribution in [2.75, 3.05) is 11.9 Å². The minimum atomic E-state index is -4.84. The number of aromatic amines is 1. The summed E-state index contributed by atoms with van der Waals surface area (Å²) in [6.45, 7) is 1.26. The predicted octanol–water partition coefficient (Wildman–Crippen LogP) is 2.63. The number of halogens is 4. The Kier molecular flexibility index (Phi) is 5.35. The molecule has 0 aliphatic carbocycles. The van der Waals surface area contributed by atoms with Gasteiger partial charge in [-0.25, -0.2) is 0 Å². The molecule has 1 aromatic heterocycles. The van der Waals surface area contributed by atoms with E-state index < -0.39 is 18.0 Å². The molecule has 2 aromatic rings. The maximum Gasteiger partial charge on any atom is 0.573 e. The van der Waals surface area contributed by atoms with Crippen LogP contribution in [0, 0.1) is 0 Å². The number of fused-ring (bicyclic) bond motifs is 1. The Morgan fingerprint density at radius 2 is 2.04 bits per heavy atom. The average molecular weight is 363 g/mol. The first kappa shape index (κ1) is 18.1. The van der Waals surface area contributed by atoms with E-state index in [2.05, 4.69) is 25.6 Å². The van der Waals surface area contributed by atoms with E-state index in [4.69, 9.17) is 0 Å². The molecule has 0 saturated heterocycles. The Morgan fingerprint density at radius 3 is 2.79 bits per heavy atom. The van der Waals surface area contributed by atoms with Crippen molar-refractivity contribution in [3.05, 3.63) is 41.2 Å². The summed E-state index contributed by atoms with van der Waals surface area (Å²) in [6.07, 6.45) is -4.13. The van der Waals surface area contributed by atoms with E-state index in [1.165, 1.54) is 18.2 Å². The monoisotopic (exact) mass is 362 g/mol. The summed E-state index contributed by atoms with van der Waals surface area (Å²) >= 11 is 0. The number of nitrogens with zero attached hydrogens (tertiary/aromatic N) is 1. The molecule has 0 spiro atoms. The average Bonchev–Trinajstić information content (AvgIpc) is 2.92. The number of hydrogen-bond donors (Lipinski definition) is 3. The van der Waals surface area contributed by atoms with Crippen LogP contribution in [0.4, 0.5) is 18.9 Å². The van der Waals surface area contributed by atoms with E-state index in [1.54, 1.807) is 0 Å². The number of hydrogen-bond acceptors (Lipinski definition) is 4. The lowest BCUT2D eigenvalue weighted by atomic mass is 10.1. The molecule has 0 unspecified atom stereocenters. The molecule has 1 amide bonds. The van der Waals surface area contributed by atoms with Crippen molar-refractivity contribution >= 4 is 24.0 Å². The van der Waals surface area contributed by atoms with Crippen LogP contribution in [0.2, 0.25) is 0 Å². The summed E-state index contributed by atoms with van der Waals surface area (Å²) in [5.74, 6) is -1.07. The Balaban J connectivity index is 0.00000208. The number of aromatic nitrogens is 2. The molecular weight excluding hydrogens is 349 g/mol. The van der Waals surface area contributed by atoms with Crippen molar-refractivity contribution in [2.45, 2.75) is 19.3 Å². The highest BCUT2D eigenvalue weighted by Gasteiger charge is 2.32. The van der Waals surface area contributed by atoms with Crippen LogP contribution in [0.5, 0.6) is 5.75 Å². The lowest BCUT2D eigenvalue weighted by Crippen LogP contribution is -2.25. The fourth-order valence-electron chi connectivity index (χ4n) is 2.38. The smallest absolute Gasteiger partial charge is 0.404 e. The van der Waals surface area contributed by atoms with Crippen LogP contribution in [-0.2, 0) is 13.0 Å². The summed E-state index contributed by atoms with van der Waals surface area (Å²) in [5.41, 5.74) is 1.67. The van der Waals surface area contributed by atoms with Gasteiger partial charge in [0.05, 0.1) is 5.69 Å². The Labute approximate surface area is 141 Å². The molecule has 10 heteroatoms. The summed E-state index contributed by atoms with van der Waals surface area (Å²) in [7, 11) is 0. The Bertz CT molecular complexity index is 733. The number of anilines is 1. The molecule has 24 heavy (non-hydrogen) atoms. The third-order valence-corrected chi connectivity index (χ3v) is 3.38. The second-order valence-electron chi connectivity index (χ2n) is 4.95. The zero-order chi connectivity index (χ0) is 16.4. The molecule has 1 aromatic carbocycles. The minimum absolute atomic E-state index is 0. The van der Waals surface area contributed by atoms with E-state index in [-0.39, 0.29) is 23.8 Å². The van der Waals surface area contributed by atoms with Crippen molar-refractivity contribution in [3.8, 4) is 5.75 Å². The minimum Gasteiger partial charge on any atom is -0.404 e. The highest BCUT2D eigenvalue weighted by Crippen LogP contribution is 2.30. The van der Waals surface area contributed by atoms with Crippen LogP contribution in [0.1, 0.15) is 21.7 Å². The molecule has 0 radical (unpaired) electrons. The van der Waals surface area contributed by atoms with Gasteiger partial charge in [-0.3, -0.25) is 9.89 Å². The quantitative estimate of drug-likeness (QED) is 0.784. The fourth-order valence-corrected chi connectivity index (χ4v) is 2.38. The summed E-state index contributed by atoms with van der Waals surface area (Å²) in [4.78, 5) is 12.3. The van der Waals surface area contributed by atoms with Gasteiger partial charge in [-0.1, -0.05) is 12.1 Å². The summed E-state index contributed by atoms with van der Waals surface area (Å²) in [6, 6.07) is 5.35. The summed E-state index contributed by atoms with van der Waals surface area (Å²) in [5, 5.41) is 12.3. The molecule has 1 aliphatic rings. The number of benzene rings is 1. The zero-order valence-corrected chi connectivity index (χ0v) is 13.1. The van der Waals surface area contributed by atoms with Gasteiger partial charge in [0.15, 0.2) is 11.4 Å². The molecule has 0 saturated carbocycles. The van der Waals surface area contributed by atoms with Gasteiger partial charge < -0.3 is 15.4 Å². The van der Waals surface area contributed by atoms with Crippen molar-refractivity contribution in [2.24, 2.45) is 0 Å². The third kappa shape index (κ3) is 3.98. The van der Waals surface area contributed by atoms with Crippen LogP contribution in [0.15, 0.2) is 24.3 Å². The van der Waals surface area contributed by atoms with Gasteiger partial charge in [-0.05, 0) is 12.1 Å². The zero-order valence-electron chi connectivity index (χ0n) is 12.2. The molecule has 0 fully saturated rings. The van der Waals surface area contributed by atoms with Gasteiger partial charge in [0.25, 0.3) is 5.91 Å². The van der Waals surface area contributed by atoms with Crippen LogP contribution < -0.4 is 15.4 Å². The SMILES string of the molecule is Cl.O=C(Nc1ccccc1OC(F)(F)F)c1n[nH]c2c1CNCC2. The van der Waals surface area contributed by atoms with Crippen molar-refractivity contribution in [1.29, 1.82) is 0 Å². The molecular formula is C14H14ClF3N4O2. The number of nitrogens with one attached hydrogen (secondary N) is 3. The molecule has 0 bridgehead atoms. The number of H-pyrrole nitrogens is 1. The Morgan fingerprint density at radius 1 is 1.29 bits per heavy atom. The van der Waals surface area contributed by atoms with Crippen LogP contribution >= 0.6 is 12.4 Å². The third-order valence-electron chi connectivity index (χ3n) is 3.38. The molecule has 3 rings (SSSR count). The van der Waals surface area contributed by atoms with Gasteiger partial charge >= 0.3 is 6.36 Å². The first-order valence-corrected chi connectivity index (χ1v) is 6.87. The van der Waals surface area contributed by atoms with E-state index >= 15 is 0 Å². The first-order chi connectivity index (χ1) is 10.9. The predicted molar refractivity (Wildman–Crippen MR) is 82.3 cm³/mol. The van der Waals surface area contributed by atoms with Gasteiger partial charge in [0, 0.05) is 30.8 Å². The first-order valence-electron chi connectivity index (χ1n) is 6.87. The number of carbonyl (C=O) groups excluding carboxylic acids is 1. The highest BCUT2D eigenvalue weighted by molar-refractivity contribution is 6.04. The molecule has 6 nitrogen and oxygen atoms in total. The molecule has 3 N–H and O–H groups in total. The standard InChI is InChI=1S/C14H13F3N4O2.ClH/c15-14(16,17)23-11-4-2-1-3-10(11)19-13(22)12-8-7-18-6-5-9(8)20-21-12;/h1-4,18H,5-7H2,(H,19,22)(H,20,21);1H. The number of para-hydroxylation sites is 2. The van der Waals surface area contributed by atoms with E-state index in [0.717, 1.165) is 23.9 Å². The molecule has 130 valence electrons. The number of ether oxygens (including phenoxy) is 1. The number of carbonyl (C=O) groups is 1.